The van der Waals surface area contributed by atoms with Crippen molar-refractivity contribution >= 4 is 11.6 Å². The van der Waals surface area contributed by atoms with Crippen LogP contribution in [-0.2, 0) is 12.8 Å². The van der Waals surface area contributed by atoms with Gasteiger partial charge in [-0.15, -0.1) is 0 Å². The summed E-state index contributed by atoms with van der Waals surface area (Å²) in [6.07, 6.45) is 7.29. The molecule has 3 heteroatoms. The van der Waals surface area contributed by atoms with Crippen LogP contribution in [0.15, 0.2) is 85.1 Å². The summed E-state index contributed by atoms with van der Waals surface area (Å²) in [6, 6.07) is 16.8. The first kappa shape index (κ1) is 26.8. The van der Waals surface area contributed by atoms with E-state index in [4.69, 9.17) is 16.3 Å². The highest BCUT2D eigenvalue weighted by Gasteiger charge is 2.18. The molecule has 2 nitrogen and oxygen atoms in total. The van der Waals surface area contributed by atoms with Crippen molar-refractivity contribution in [2.75, 3.05) is 7.11 Å². The Morgan fingerprint density at radius 2 is 1.70 bits per heavy atom. The maximum Gasteiger partial charge on any atom is 0.137 e. The summed E-state index contributed by atoms with van der Waals surface area (Å²) in [6.45, 7) is 17.5. The highest BCUT2D eigenvalue weighted by atomic mass is 35.5. The topological polar surface area (TPSA) is 21.3 Å². The quantitative estimate of drug-likeness (QED) is 0.238. The number of halogens is 1. The summed E-state index contributed by atoms with van der Waals surface area (Å²) in [5.74, 6) is 2.57. The van der Waals surface area contributed by atoms with E-state index in [1.807, 2.05) is 25.1 Å². The van der Waals surface area contributed by atoms with Gasteiger partial charge in [0.1, 0.15) is 5.75 Å². The molecule has 0 saturated heterocycles. The lowest BCUT2D eigenvalue weighted by atomic mass is 9.80. The predicted molar refractivity (Wildman–Crippen MR) is 144 cm³/mol. The lowest BCUT2D eigenvalue weighted by Crippen LogP contribution is -2.30. The van der Waals surface area contributed by atoms with E-state index in [-0.39, 0.29) is 6.04 Å². The molecular weight excluding hydrogens is 426 g/mol. The van der Waals surface area contributed by atoms with E-state index in [1.165, 1.54) is 5.56 Å². The number of nitrogens with one attached hydrogen (secondary N) is 1. The van der Waals surface area contributed by atoms with Crippen LogP contribution in [0.2, 0.25) is 5.02 Å². The van der Waals surface area contributed by atoms with Crippen molar-refractivity contribution in [3.8, 4) is 5.75 Å². The lowest BCUT2D eigenvalue weighted by molar-refractivity contribution is 0.279. The summed E-state index contributed by atoms with van der Waals surface area (Å²) in [5.41, 5.74) is 4.52. The van der Waals surface area contributed by atoms with Gasteiger partial charge in [0.15, 0.2) is 0 Å². The monoisotopic (exact) mass is 465 g/mol. The molecule has 2 rings (SSSR count). The van der Waals surface area contributed by atoms with Crippen molar-refractivity contribution in [1.82, 2.24) is 5.32 Å². The zero-order chi connectivity index (χ0) is 24.4. The van der Waals surface area contributed by atoms with E-state index in [1.54, 1.807) is 7.11 Å². The van der Waals surface area contributed by atoms with Gasteiger partial charge >= 0.3 is 0 Å². The normalized spacial score (nSPS) is 15.0. The van der Waals surface area contributed by atoms with E-state index >= 15 is 0 Å². The Labute approximate surface area is 206 Å². The summed E-state index contributed by atoms with van der Waals surface area (Å²) >= 11 is 6.29. The maximum atomic E-state index is 6.29. The standard InChI is InChI=1S/C30H40ClNO/c1-21(2)29(20-27-16-17-30(33-7)28(31)19-27)32-24(5)13-11-12-22(3)25(6)23(4)18-26-14-9-8-10-15-26/h8-11,13-17,19,22-23,25,29,32H,1,5,12,18,20H2,2-4,6-7H3/b13-11+/t22-,23?,25?,29+/m0/s1. The van der Waals surface area contributed by atoms with Gasteiger partial charge in [0.25, 0.3) is 0 Å². The molecule has 4 atom stereocenters. The molecule has 0 bridgehead atoms. The summed E-state index contributed by atoms with van der Waals surface area (Å²) in [5, 5.41) is 4.14. The van der Waals surface area contributed by atoms with Crippen LogP contribution < -0.4 is 10.1 Å². The SMILES string of the molecule is C=C(/C=C/C[C@H](C)C(C)C(C)Cc1ccccc1)N[C@H](Cc1ccc(OC)c(Cl)c1)C(=C)C. The van der Waals surface area contributed by atoms with Crippen LogP contribution in [0, 0.1) is 17.8 Å². The summed E-state index contributed by atoms with van der Waals surface area (Å²) < 4.78 is 5.25. The van der Waals surface area contributed by atoms with Gasteiger partial charge in [0.05, 0.1) is 18.2 Å². The fourth-order valence-electron chi connectivity index (χ4n) is 4.07. The molecule has 0 radical (unpaired) electrons. The van der Waals surface area contributed by atoms with Gasteiger partial charge in [0.2, 0.25) is 0 Å². The van der Waals surface area contributed by atoms with Crippen molar-refractivity contribution < 1.29 is 4.74 Å². The smallest absolute Gasteiger partial charge is 0.137 e. The minimum absolute atomic E-state index is 0.0915. The fraction of sp³-hybridized carbons (Fsp3) is 0.400. The van der Waals surface area contributed by atoms with Crippen LogP contribution in [0.3, 0.4) is 0 Å². The molecule has 2 aromatic rings. The number of hydrogen-bond acceptors (Lipinski definition) is 2. The molecule has 0 heterocycles. The molecule has 33 heavy (non-hydrogen) atoms. The molecule has 0 aromatic heterocycles. The minimum Gasteiger partial charge on any atom is -0.495 e. The predicted octanol–water partition coefficient (Wildman–Crippen LogP) is 8.04. The third-order valence-electron chi connectivity index (χ3n) is 6.63. The van der Waals surface area contributed by atoms with Gasteiger partial charge in [0, 0.05) is 5.70 Å². The molecule has 0 amide bonds. The highest BCUT2D eigenvalue weighted by Crippen LogP contribution is 2.27. The first-order valence-electron chi connectivity index (χ1n) is 11.8. The van der Waals surface area contributed by atoms with E-state index in [0.717, 1.165) is 36.1 Å². The van der Waals surface area contributed by atoms with Crippen molar-refractivity contribution in [3.05, 3.63) is 101 Å². The fourth-order valence-corrected chi connectivity index (χ4v) is 4.35. The molecule has 178 valence electrons. The van der Waals surface area contributed by atoms with Gasteiger partial charge in [-0.2, -0.15) is 0 Å². The van der Waals surface area contributed by atoms with E-state index < -0.39 is 0 Å². The first-order chi connectivity index (χ1) is 15.7. The third kappa shape index (κ3) is 8.78. The zero-order valence-electron chi connectivity index (χ0n) is 20.9. The Hall–Kier alpha value is -2.45. The van der Waals surface area contributed by atoms with Gasteiger partial charge in [-0.25, -0.2) is 0 Å². The largest absolute Gasteiger partial charge is 0.495 e. The number of benzene rings is 2. The summed E-state index contributed by atoms with van der Waals surface area (Å²) in [7, 11) is 1.63. The second-order valence-electron chi connectivity index (χ2n) is 9.38. The second kappa shape index (κ2) is 13.3. The average Bonchev–Trinajstić information content (AvgIpc) is 2.78. The van der Waals surface area contributed by atoms with Crippen molar-refractivity contribution in [3.63, 3.8) is 0 Å². The first-order valence-corrected chi connectivity index (χ1v) is 12.2. The van der Waals surface area contributed by atoms with Gasteiger partial charge in [-0.1, -0.05) is 93.6 Å². The van der Waals surface area contributed by atoms with Crippen LogP contribution in [-0.4, -0.2) is 13.2 Å². The average molecular weight is 466 g/mol. The van der Waals surface area contributed by atoms with Crippen LogP contribution in [0.25, 0.3) is 0 Å². The molecular formula is C30H40ClNO. The second-order valence-corrected chi connectivity index (χ2v) is 9.79. The van der Waals surface area contributed by atoms with Gasteiger partial charge in [-0.3, -0.25) is 0 Å². The Morgan fingerprint density at radius 1 is 1.00 bits per heavy atom. The van der Waals surface area contributed by atoms with E-state index in [9.17, 15) is 0 Å². The molecule has 1 N–H and O–H groups in total. The van der Waals surface area contributed by atoms with Crippen LogP contribution >= 0.6 is 11.6 Å². The molecule has 0 spiro atoms. The lowest BCUT2D eigenvalue weighted by Gasteiger charge is -2.25. The van der Waals surface area contributed by atoms with Crippen molar-refractivity contribution in [2.45, 2.75) is 53.0 Å². The number of hydrogen-bond donors (Lipinski definition) is 1. The number of allylic oxidation sites excluding steroid dienone is 2. The number of methoxy groups -OCH3 is 1. The van der Waals surface area contributed by atoms with Crippen molar-refractivity contribution in [2.24, 2.45) is 17.8 Å². The summed E-state index contributed by atoms with van der Waals surface area (Å²) in [4.78, 5) is 0. The van der Waals surface area contributed by atoms with Crippen LogP contribution in [0.5, 0.6) is 5.75 Å². The van der Waals surface area contributed by atoms with Gasteiger partial charge < -0.3 is 10.1 Å². The van der Waals surface area contributed by atoms with Crippen LogP contribution in [0.1, 0.15) is 45.2 Å². The minimum atomic E-state index is 0.0915. The molecule has 0 saturated carbocycles. The molecule has 0 aliphatic rings. The maximum absolute atomic E-state index is 6.29. The molecule has 2 aromatic carbocycles. The van der Waals surface area contributed by atoms with Crippen LogP contribution in [0.4, 0.5) is 0 Å². The Kier molecular flexibility index (Phi) is 10.8. The van der Waals surface area contributed by atoms with Gasteiger partial charge in [-0.05, 0) is 73.3 Å². The van der Waals surface area contributed by atoms with Crippen molar-refractivity contribution in [1.29, 1.82) is 0 Å². The highest BCUT2D eigenvalue weighted by molar-refractivity contribution is 6.32. The molecule has 0 aliphatic carbocycles. The Morgan fingerprint density at radius 3 is 2.30 bits per heavy atom. The Bertz CT molecular complexity index is 934. The zero-order valence-corrected chi connectivity index (χ0v) is 21.7. The molecule has 0 aliphatic heterocycles. The molecule has 0 fully saturated rings. The molecule has 2 unspecified atom stereocenters. The van der Waals surface area contributed by atoms with E-state index in [0.29, 0.717) is 28.5 Å². The number of ether oxygens (including phenoxy) is 1. The number of rotatable bonds is 13. The van der Waals surface area contributed by atoms with E-state index in [2.05, 4.69) is 81.7 Å². The Balaban J connectivity index is 1.87. The third-order valence-corrected chi connectivity index (χ3v) is 6.93.